The van der Waals surface area contributed by atoms with Crippen LogP contribution in [0.15, 0.2) is 24.7 Å². The average Bonchev–Trinajstić information content (AvgIpc) is 3.41. The minimum atomic E-state index is -2.73. The lowest BCUT2D eigenvalue weighted by Crippen LogP contribution is -2.55. The highest BCUT2D eigenvalue weighted by atomic mass is 19.3. The molecule has 37 heavy (non-hydrogen) atoms. The Hall–Kier alpha value is -3.35. The molecule has 0 amide bonds. The quantitative estimate of drug-likeness (QED) is 0.464. The molecule has 0 radical (unpaired) electrons. The molecule has 6 rings (SSSR count). The molecule has 2 aromatic heterocycles. The minimum absolute atomic E-state index is 0.00580. The molecule has 9 nitrogen and oxygen atoms in total. The number of nitrogens with one attached hydrogen (secondary N) is 2. The molecule has 2 saturated heterocycles. The summed E-state index contributed by atoms with van der Waals surface area (Å²) in [5.74, 6) is -3.73. The van der Waals surface area contributed by atoms with Crippen molar-refractivity contribution in [1.29, 1.82) is 0 Å². The lowest BCUT2D eigenvalue weighted by molar-refractivity contribution is -0.00687. The third-order valence-corrected chi connectivity index (χ3v) is 7.52. The Morgan fingerprint density at radius 3 is 2.62 bits per heavy atom. The van der Waals surface area contributed by atoms with Crippen molar-refractivity contribution in [1.82, 2.24) is 35.1 Å². The predicted octanol–water partition coefficient (Wildman–Crippen LogP) is 4.41. The molecule has 2 aliphatic heterocycles. The Morgan fingerprint density at radius 1 is 1.08 bits per heavy atom. The summed E-state index contributed by atoms with van der Waals surface area (Å²) in [5.41, 5.74) is 1.06. The van der Waals surface area contributed by atoms with Crippen LogP contribution in [0.25, 0.3) is 5.69 Å². The van der Waals surface area contributed by atoms with Crippen LogP contribution in [0.4, 0.5) is 35.0 Å². The number of nitrogens with zero attached hydrogens (tertiary/aromatic N) is 7. The average molecular weight is 518 g/mol. The predicted molar refractivity (Wildman–Crippen MR) is 127 cm³/mol. The first-order valence-electron chi connectivity index (χ1n) is 12.4. The van der Waals surface area contributed by atoms with Gasteiger partial charge in [0.05, 0.1) is 24.1 Å². The van der Waals surface area contributed by atoms with Gasteiger partial charge in [0.25, 0.3) is 5.92 Å². The van der Waals surface area contributed by atoms with Crippen molar-refractivity contribution in [2.45, 2.75) is 75.4 Å². The zero-order chi connectivity index (χ0) is 25.9. The maximum absolute atomic E-state index is 15.0. The van der Waals surface area contributed by atoms with E-state index in [9.17, 15) is 13.2 Å². The molecular formula is C24H27F4N9. The maximum atomic E-state index is 15.0. The Balaban J connectivity index is 1.24. The van der Waals surface area contributed by atoms with Crippen molar-refractivity contribution in [2.24, 2.45) is 0 Å². The number of rotatable bonds is 6. The largest absolute Gasteiger partial charge is 0.365 e. The highest BCUT2D eigenvalue weighted by Gasteiger charge is 2.53. The van der Waals surface area contributed by atoms with Crippen molar-refractivity contribution in [3.05, 3.63) is 41.9 Å². The maximum Gasteiger partial charge on any atom is 0.262 e. The minimum Gasteiger partial charge on any atom is -0.365 e. The van der Waals surface area contributed by atoms with E-state index in [1.54, 1.807) is 6.07 Å². The smallest absolute Gasteiger partial charge is 0.262 e. The van der Waals surface area contributed by atoms with E-state index in [-0.39, 0.29) is 48.4 Å². The fourth-order valence-corrected chi connectivity index (χ4v) is 5.77. The fraction of sp³-hybridized carbons (Fsp3) is 0.542. The Labute approximate surface area is 210 Å². The van der Waals surface area contributed by atoms with E-state index in [4.69, 9.17) is 0 Å². The lowest BCUT2D eigenvalue weighted by Gasteiger charge is -2.47. The summed E-state index contributed by atoms with van der Waals surface area (Å²) in [6, 6.07) is 2.47. The first-order chi connectivity index (χ1) is 17.6. The van der Waals surface area contributed by atoms with Crippen LogP contribution in [0.2, 0.25) is 0 Å². The molecule has 3 fully saturated rings. The third kappa shape index (κ3) is 4.72. The summed E-state index contributed by atoms with van der Waals surface area (Å²) in [4.78, 5) is 10.1. The Morgan fingerprint density at radius 2 is 1.89 bits per heavy atom. The number of alkyl halides is 2. The zero-order valence-electron chi connectivity index (χ0n) is 20.4. The number of fused-ring (bicyclic) bond motifs is 1. The molecule has 3 aliphatic rings. The number of halogens is 4. The number of aromatic nitrogens is 6. The van der Waals surface area contributed by atoms with Crippen LogP contribution in [-0.2, 0) is 0 Å². The molecule has 1 aliphatic carbocycles. The van der Waals surface area contributed by atoms with Crippen LogP contribution in [0.1, 0.15) is 57.4 Å². The molecular weight excluding hydrogens is 490 g/mol. The molecule has 196 valence electrons. The van der Waals surface area contributed by atoms with Crippen LogP contribution in [0, 0.1) is 11.6 Å². The first kappa shape index (κ1) is 24.0. The van der Waals surface area contributed by atoms with Gasteiger partial charge in [-0.3, -0.25) is 4.90 Å². The summed E-state index contributed by atoms with van der Waals surface area (Å²) >= 11 is 0. The second-order valence-electron chi connectivity index (χ2n) is 10.9. The molecule has 0 bridgehead atoms. The molecule has 4 heterocycles. The van der Waals surface area contributed by atoms with Gasteiger partial charge in [-0.25, -0.2) is 27.2 Å². The zero-order valence-corrected chi connectivity index (χ0v) is 20.4. The van der Waals surface area contributed by atoms with Crippen LogP contribution >= 0.6 is 0 Å². The molecule has 13 heteroatoms. The molecule has 2 atom stereocenters. The van der Waals surface area contributed by atoms with Crippen LogP contribution in [-0.4, -0.2) is 65.2 Å². The number of tetrazole rings is 1. The molecule has 1 saturated carbocycles. The summed E-state index contributed by atoms with van der Waals surface area (Å²) < 4.78 is 59.4. The number of hydrogen-bond donors (Lipinski definition) is 2. The topological polar surface area (TPSA) is 96.7 Å². The van der Waals surface area contributed by atoms with E-state index < -0.39 is 23.1 Å². The number of benzene rings is 1. The van der Waals surface area contributed by atoms with E-state index in [1.165, 1.54) is 17.1 Å². The van der Waals surface area contributed by atoms with Gasteiger partial charge >= 0.3 is 0 Å². The van der Waals surface area contributed by atoms with Crippen LogP contribution in [0.5, 0.6) is 0 Å². The highest BCUT2D eigenvalue weighted by molar-refractivity contribution is 5.62. The van der Waals surface area contributed by atoms with Crippen molar-refractivity contribution in [3.63, 3.8) is 0 Å². The van der Waals surface area contributed by atoms with E-state index in [2.05, 4.69) is 36.1 Å². The van der Waals surface area contributed by atoms with Gasteiger partial charge in [0.1, 0.15) is 12.1 Å². The monoisotopic (exact) mass is 517 g/mol. The van der Waals surface area contributed by atoms with Gasteiger partial charge in [-0.15, -0.1) is 5.10 Å². The summed E-state index contributed by atoms with van der Waals surface area (Å²) in [5, 5.41) is 17.2. The SMILES string of the molecule is CC1(C)CC(Nc2nc(Nc3cc(-n4cnnn4)c(C4CC4)cc3F)ncc2F)CC2CC(F)(F)CN21. The van der Waals surface area contributed by atoms with Crippen molar-refractivity contribution in [3.8, 4) is 5.69 Å². The second kappa shape index (κ2) is 8.61. The van der Waals surface area contributed by atoms with Gasteiger partial charge in [0.15, 0.2) is 11.6 Å². The Bertz CT molecular complexity index is 1310. The van der Waals surface area contributed by atoms with Crippen LogP contribution in [0.3, 0.4) is 0 Å². The van der Waals surface area contributed by atoms with Gasteiger partial charge < -0.3 is 10.6 Å². The molecule has 2 unspecified atom stereocenters. The lowest BCUT2D eigenvalue weighted by atomic mass is 9.84. The molecule has 3 aromatic rings. The fourth-order valence-electron chi connectivity index (χ4n) is 5.77. The number of anilines is 3. The van der Waals surface area contributed by atoms with Gasteiger partial charge in [-0.1, -0.05) is 0 Å². The standard InChI is InChI=1S/C24H27F4N9/c1-23(2)8-14(5-15-9-24(27,28)11-36(15)23)31-21-18(26)10-29-22(33-21)32-19-7-20(37-12-30-34-35-37)16(6-17(19)25)13-3-4-13/h6-7,10,12-15H,3-5,8-9,11H2,1-2H3,(H2,29,31,32,33). The second-order valence-corrected chi connectivity index (χ2v) is 10.9. The third-order valence-electron chi connectivity index (χ3n) is 7.52. The highest BCUT2D eigenvalue weighted by Crippen LogP contribution is 2.45. The molecule has 1 aromatic carbocycles. The Kier molecular flexibility index (Phi) is 5.58. The van der Waals surface area contributed by atoms with Gasteiger partial charge in [-0.2, -0.15) is 4.98 Å². The van der Waals surface area contributed by atoms with Crippen molar-refractivity contribution in [2.75, 3.05) is 17.2 Å². The number of piperidine rings is 1. The summed E-state index contributed by atoms with van der Waals surface area (Å²) in [6.07, 6.45) is 5.13. The van der Waals surface area contributed by atoms with Crippen molar-refractivity contribution < 1.29 is 17.6 Å². The van der Waals surface area contributed by atoms with Gasteiger partial charge in [-0.05, 0) is 73.6 Å². The van der Waals surface area contributed by atoms with E-state index in [0.29, 0.717) is 18.5 Å². The van der Waals surface area contributed by atoms with E-state index in [1.807, 2.05) is 18.7 Å². The summed E-state index contributed by atoms with van der Waals surface area (Å²) in [7, 11) is 0. The normalized spacial score (nSPS) is 24.6. The molecule has 2 N–H and O–H groups in total. The number of hydrogen-bond acceptors (Lipinski definition) is 8. The first-order valence-corrected chi connectivity index (χ1v) is 12.4. The van der Waals surface area contributed by atoms with E-state index in [0.717, 1.165) is 24.6 Å². The van der Waals surface area contributed by atoms with Gasteiger partial charge in [0, 0.05) is 24.0 Å². The molecule has 0 spiro atoms. The van der Waals surface area contributed by atoms with Crippen LogP contribution < -0.4 is 10.6 Å². The van der Waals surface area contributed by atoms with Crippen molar-refractivity contribution >= 4 is 17.5 Å². The van der Waals surface area contributed by atoms with E-state index >= 15 is 4.39 Å². The summed E-state index contributed by atoms with van der Waals surface area (Å²) in [6.45, 7) is 3.59. The van der Waals surface area contributed by atoms with Gasteiger partial charge in [0.2, 0.25) is 5.95 Å².